The number of nitrogen functional groups attached to an aromatic ring is 1. The number of anilines is 1. The van der Waals surface area contributed by atoms with E-state index < -0.39 is 16.1 Å². The van der Waals surface area contributed by atoms with Crippen LogP contribution in [0.2, 0.25) is 5.02 Å². The second kappa shape index (κ2) is 6.56. The third-order valence-corrected chi connectivity index (χ3v) is 4.63. The van der Waals surface area contributed by atoms with Gasteiger partial charge in [0.15, 0.2) is 0 Å². The minimum absolute atomic E-state index is 0.0636. The monoisotopic (exact) mass is 306 g/mol. The molecule has 1 aromatic carbocycles. The van der Waals surface area contributed by atoms with Crippen molar-refractivity contribution in [3.63, 3.8) is 0 Å². The molecule has 0 radical (unpaired) electrons. The molecule has 1 atom stereocenters. The minimum atomic E-state index is -3.85. The maximum atomic E-state index is 12.2. The first-order valence-electron chi connectivity index (χ1n) is 5.95. The molecule has 5 nitrogen and oxygen atoms in total. The standard InChI is InChI=1S/C12H19ClN2O3S/c1-8(2)6-9(7-16)15-19(17,18)12-10(13)4-3-5-11(12)14/h3-5,8-9,15-16H,6-7,14H2,1-2H3. The Hall–Kier alpha value is -0.820. The lowest BCUT2D eigenvalue weighted by Crippen LogP contribution is -2.38. The molecule has 0 aromatic heterocycles. The summed E-state index contributed by atoms with van der Waals surface area (Å²) >= 11 is 5.88. The minimum Gasteiger partial charge on any atom is -0.398 e. The molecule has 0 aliphatic rings. The van der Waals surface area contributed by atoms with Crippen molar-refractivity contribution in [2.75, 3.05) is 12.3 Å². The van der Waals surface area contributed by atoms with Gasteiger partial charge in [0, 0.05) is 6.04 Å². The maximum absolute atomic E-state index is 12.2. The Morgan fingerprint density at radius 3 is 2.53 bits per heavy atom. The van der Waals surface area contributed by atoms with Crippen LogP contribution in [0, 0.1) is 5.92 Å². The van der Waals surface area contributed by atoms with E-state index in [0.29, 0.717) is 6.42 Å². The number of nitrogens with two attached hydrogens (primary N) is 1. The molecule has 0 aliphatic carbocycles. The molecule has 0 spiro atoms. The Morgan fingerprint density at radius 1 is 1.42 bits per heavy atom. The molecule has 0 aliphatic heterocycles. The van der Waals surface area contributed by atoms with E-state index in [1.807, 2.05) is 13.8 Å². The Bertz CT molecular complexity index is 512. The lowest BCUT2D eigenvalue weighted by Gasteiger charge is -2.19. The highest BCUT2D eigenvalue weighted by molar-refractivity contribution is 7.89. The van der Waals surface area contributed by atoms with Crippen LogP contribution in [-0.4, -0.2) is 26.2 Å². The molecular formula is C12H19ClN2O3S. The van der Waals surface area contributed by atoms with Crippen LogP contribution in [0.3, 0.4) is 0 Å². The van der Waals surface area contributed by atoms with Crippen LogP contribution in [0.25, 0.3) is 0 Å². The number of nitrogens with one attached hydrogen (secondary N) is 1. The average Bonchev–Trinajstić information content (AvgIpc) is 2.26. The fourth-order valence-electron chi connectivity index (χ4n) is 1.82. The number of hydrogen-bond donors (Lipinski definition) is 3. The summed E-state index contributed by atoms with van der Waals surface area (Å²) in [7, 11) is -3.85. The van der Waals surface area contributed by atoms with Gasteiger partial charge in [-0.1, -0.05) is 31.5 Å². The number of benzene rings is 1. The zero-order valence-electron chi connectivity index (χ0n) is 10.9. The first-order valence-corrected chi connectivity index (χ1v) is 7.81. The molecule has 0 fully saturated rings. The van der Waals surface area contributed by atoms with E-state index in [9.17, 15) is 13.5 Å². The summed E-state index contributed by atoms with van der Waals surface area (Å²) in [6, 6.07) is 3.95. The van der Waals surface area contributed by atoms with Crippen molar-refractivity contribution in [3.8, 4) is 0 Å². The van der Waals surface area contributed by atoms with Gasteiger partial charge >= 0.3 is 0 Å². The molecule has 1 unspecified atom stereocenters. The largest absolute Gasteiger partial charge is 0.398 e. The molecule has 0 heterocycles. The molecule has 1 aromatic rings. The summed E-state index contributed by atoms with van der Waals surface area (Å²) in [5.41, 5.74) is 5.74. The highest BCUT2D eigenvalue weighted by atomic mass is 35.5. The van der Waals surface area contributed by atoms with Gasteiger partial charge in [0.25, 0.3) is 0 Å². The molecule has 4 N–H and O–H groups in total. The van der Waals surface area contributed by atoms with Crippen molar-refractivity contribution in [2.24, 2.45) is 5.92 Å². The van der Waals surface area contributed by atoms with Crippen LogP contribution < -0.4 is 10.5 Å². The highest BCUT2D eigenvalue weighted by Crippen LogP contribution is 2.27. The fraction of sp³-hybridized carbons (Fsp3) is 0.500. The third kappa shape index (κ3) is 4.35. The van der Waals surface area contributed by atoms with Crippen LogP contribution in [0.5, 0.6) is 0 Å². The van der Waals surface area contributed by atoms with Crippen LogP contribution in [0.15, 0.2) is 23.1 Å². The molecule has 0 saturated carbocycles. The van der Waals surface area contributed by atoms with E-state index in [0.717, 1.165) is 0 Å². The molecule has 19 heavy (non-hydrogen) atoms. The number of halogens is 1. The summed E-state index contributed by atoms with van der Waals surface area (Å²) in [6.07, 6.45) is 0.528. The quantitative estimate of drug-likeness (QED) is 0.696. The predicted molar refractivity (Wildman–Crippen MR) is 76.5 cm³/mol. The number of rotatable bonds is 6. The third-order valence-electron chi connectivity index (χ3n) is 2.56. The smallest absolute Gasteiger partial charge is 0.244 e. The normalized spacial score (nSPS) is 13.7. The van der Waals surface area contributed by atoms with Gasteiger partial charge in [-0.2, -0.15) is 0 Å². The number of hydrogen-bond acceptors (Lipinski definition) is 4. The second-order valence-electron chi connectivity index (χ2n) is 4.79. The topological polar surface area (TPSA) is 92.4 Å². The van der Waals surface area contributed by atoms with Gasteiger partial charge in [0.2, 0.25) is 10.0 Å². The molecule has 1 rings (SSSR count). The predicted octanol–water partition coefficient (Wildman–Crippen LogP) is 1.61. The van der Waals surface area contributed by atoms with Crippen LogP contribution >= 0.6 is 11.6 Å². The van der Waals surface area contributed by atoms with E-state index in [4.69, 9.17) is 17.3 Å². The number of sulfonamides is 1. The van der Waals surface area contributed by atoms with Crippen molar-refractivity contribution in [3.05, 3.63) is 23.2 Å². The van der Waals surface area contributed by atoms with Crippen molar-refractivity contribution < 1.29 is 13.5 Å². The van der Waals surface area contributed by atoms with Crippen LogP contribution in [0.1, 0.15) is 20.3 Å². The van der Waals surface area contributed by atoms with Gasteiger partial charge in [-0.15, -0.1) is 0 Å². The highest BCUT2D eigenvalue weighted by Gasteiger charge is 2.24. The molecule has 0 saturated heterocycles. The van der Waals surface area contributed by atoms with Gasteiger partial charge in [-0.3, -0.25) is 0 Å². The van der Waals surface area contributed by atoms with Gasteiger partial charge in [0.05, 0.1) is 17.3 Å². The Labute approximate surface area is 118 Å². The van der Waals surface area contributed by atoms with Gasteiger partial charge in [0.1, 0.15) is 4.90 Å². The average molecular weight is 307 g/mol. The summed E-state index contributed by atoms with van der Waals surface area (Å²) in [5, 5.41) is 9.30. The van der Waals surface area contributed by atoms with Gasteiger partial charge in [-0.05, 0) is 24.5 Å². The van der Waals surface area contributed by atoms with Gasteiger partial charge in [-0.25, -0.2) is 13.1 Å². The zero-order valence-corrected chi connectivity index (χ0v) is 12.5. The van der Waals surface area contributed by atoms with Crippen molar-refractivity contribution >= 4 is 27.3 Å². The lowest BCUT2D eigenvalue weighted by molar-refractivity contribution is 0.240. The SMILES string of the molecule is CC(C)CC(CO)NS(=O)(=O)c1c(N)cccc1Cl. The van der Waals surface area contributed by atoms with E-state index in [1.54, 1.807) is 6.07 Å². The van der Waals surface area contributed by atoms with Crippen LogP contribution in [0.4, 0.5) is 5.69 Å². The molecule has 108 valence electrons. The lowest BCUT2D eigenvalue weighted by atomic mass is 10.1. The first-order chi connectivity index (χ1) is 8.77. The van der Waals surface area contributed by atoms with E-state index in [2.05, 4.69) is 4.72 Å². The number of aliphatic hydroxyl groups excluding tert-OH is 1. The Kier molecular flexibility index (Phi) is 5.61. The second-order valence-corrected chi connectivity index (χ2v) is 6.85. The zero-order chi connectivity index (χ0) is 14.6. The fourth-order valence-corrected chi connectivity index (χ4v) is 3.73. The number of aliphatic hydroxyl groups is 1. The van der Waals surface area contributed by atoms with Crippen molar-refractivity contribution in [1.82, 2.24) is 4.72 Å². The molecular weight excluding hydrogens is 288 g/mol. The maximum Gasteiger partial charge on any atom is 0.244 e. The molecule has 0 amide bonds. The summed E-state index contributed by atoms with van der Waals surface area (Å²) < 4.78 is 26.9. The van der Waals surface area contributed by atoms with E-state index in [-0.39, 0.29) is 28.1 Å². The van der Waals surface area contributed by atoms with E-state index >= 15 is 0 Å². The summed E-state index contributed by atoms with van der Waals surface area (Å²) in [5.74, 6) is 0.253. The molecule has 7 heteroatoms. The molecule has 0 bridgehead atoms. The first kappa shape index (κ1) is 16.2. The Balaban J connectivity index is 3.04. The van der Waals surface area contributed by atoms with Crippen molar-refractivity contribution in [2.45, 2.75) is 31.2 Å². The Morgan fingerprint density at radius 2 is 2.05 bits per heavy atom. The van der Waals surface area contributed by atoms with E-state index in [1.165, 1.54) is 12.1 Å². The summed E-state index contributed by atoms with van der Waals surface area (Å²) in [4.78, 5) is -0.140. The van der Waals surface area contributed by atoms with Crippen molar-refractivity contribution in [1.29, 1.82) is 0 Å². The van der Waals surface area contributed by atoms with Gasteiger partial charge < -0.3 is 10.8 Å². The van der Waals surface area contributed by atoms with Crippen LogP contribution in [-0.2, 0) is 10.0 Å². The summed E-state index contributed by atoms with van der Waals surface area (Å²) in [6.45, 7) is 3.61.